The maximum Gasteiger partial charge on any atom is 0.268 e. The molecule has 0 fully saturated rings. The van der Waals surface area contributed by atoms with Gasteiger partial charge in [-0.1, -0.05) is 18.2 Å². The van der Waals surface area contributed by atoms with E-state index >= 15 is 0 Å². The van der Waals surface area contributed by atoms with Crippen LogP contribution in [0.3, 0.4) is 0 Å². The fourth-order valence-electron chi connectivity index (χ4n) is 3.30. The molecule has 3 aromatic heterocycles. The summed E-state index contributed by atoms with van der Waals surface area (Å²) in [6, 6.07) is 15.8. The van der Waals surface area contributed by atoms with Crippen molar-refractivity contribution in [3.05, 3.63) is 82.6 Å². The van der Waals surface area contributed by atoms with Crippen molar-refractivity contribution in [2.45, 2.75) is 20.0 Å². The molecule has 28 heavy (non-hydrogen) atoms. The van der Waals surface area contributed by atoms with E-state index in [2.05, 4.69) is 27.9 Å². The highest BCUT2D eigenvalue weighted by Crippen LogP contribution is 2.30. The number of pyridine rings is 1. The minimum absolute atomic E-state index is 0.0900. The van der Waals surface area contributed by atoms with Gasteiger partial charge in [-0.15, -0.1) is 11.3 Å². The van der Waals surface area contributed by atoms with E-state index in [4.69, 9.17) is 4.74 Å². The second-order valence-corrected chi connectivity index (χ2v) is 7.86. The molecule has 0 radical (unpaired) electrons. The Kier molecular flexibility index (Phi) is 5.12. The molecule has 1 aromatic carbocycles. The normalized spacial score (nSPS) is 10.9. The Morgan fingerprint density at radius 2 is 1.96 bits per heavy atom. The second kappa shape index (κ2) is 7.86. The molecule has 3 heterocycles. The molecule has 0 aliphatic heterocycles. The highest BCUT2D eigenvalue weighted by atomic mass is 32.1. The number of amides is 1. The third-order valence-electron chi connectivity index (χ3n) is 4.67. The van der Waals surface area contributed by atoms with Gasteiger partial charge in [-0.25, -0.2) is 0 Å². The lowest BCUT2D eigenvalue weighted by Crippen LogP contribution is -2.25. The average Bonchev–Trinajstić information content (AvgIpc) is 3.24. The molecule has 142 valence electrons. The van der Waals surface area contributed by atoms with Crippen LogP contribution in [-0.2, 0) is 13.1 Å². The Hall–Kier alpha value is -3.12. The van der Waals surface area contributed by atoms with Crippen LogP contribution in [0, 0.1) is 6.92 Å². The van der Waals surface area contributed by atoms with Crippen LogP contribution in [0.2, 0.25) is 0 Å². The molecule has 5 nitrogen and oxygen atoms in total. The topological polar surface area (TPSA) is 56.1 Å². The minimum atomic E-state index is -0.0900. The lowest BCUT2D eigenvalue weighted by molar-refractivity contribution is 0.0942. The highest BCUT2D eigenvalue weighted by Gasteiger charge is 2.18. The summed E-state index contributed by atoms with van der Waals surface area (Å²) in [6.07, 6.45) is 3.45. The molecule has 6 heteroatoms. The Balaban J connectivity index is 1.67. The standard InChI is InChI=1S/C22H21N3O2S/c1-15-11-18-21(28-15)12-19(22(26)24-13-16-7-9-23-10-8-16)25(18)14-17-5-3-4-6-20(17)27-2/h3-12H,13-14H2,1-2H3,(H,24,26). The number of carbonyl (C=O) groups excluding carboxylic acids is 1. The second-order valence-electron chi connectivity index (χ2n) is 6.57. The van der Waals surface area contributed by atoms with Crippen molar-refractivity contribution in [1.82, 2.24) is 14.9 Å². The van der Waals surface area contributed by atoms with E-state index in [1.165, 1.54) is 4.88 Å². The van der Waals surface area contributed by atoms with E-state index in [1.54, 1.807) is 30.8 Å². The van der Waals surface area contributed by atoms with Crippen LogP contribution in [-0.4, -0.2) is 22.6 Å². The zero-order valence-electron chi connectivity index (χ0n) is 15.8. The quantitative estimate of drug-likeness (QED) is 0.530. The van der Waals surface area contributed by atoms with E-state index in [-0.39, 0.29) is 5.91 Å². The third-order valence-corrected chi connectivity index (χ3v) is 5.66. The Morgan fingerprint density at radius 3 is 2.75 bits per heavy atom. The number of hydrogen-bond donors (Lipinski definition) is 1. The van der Waals surface area contributed by atoms with Crippen LogP contribution < -0.4 is 10.1 Å². The number of nitrogens with zero attached hydrogens (tertiary/aromatic N) is 2. The first-order valence-electron chi connectivity index (χ1n) is 9.04. The smallest absolute Gasteiger partial charge is 0.268 e. The molecule has 0 saturated carbocycles. The van der Waals surface area contributed by atoms with Crippen LogP contribution in [0.1, 0.15) is 26.5 Å². The number of ether oxygens (including phenoxy) is 1. The zero-order valence-corrected chi connectivity index (χ0v) is 16.6. The number of thiophene rings is 1. The number of methoxy groups -OCH3 is 1. The fraction of sp³-hybridized carbons (Fsp3) is 0.182. The van der Waals surface area contributed by atoms with Crippen molar-refractivity contribution in [1.29, 1.82) is 0 Å². The van der Waals surface area contributed by atoms with Gasteiger partial charge in [-0.3, -0.25) is 9.78 Å². The van der Waals surface area contributed by atoms with Crippen molar-refractivity contribution in [2.24, 2.45) is 0 Å². The molecule has 0 saturated heterocycles. The Bertz CT molecular complexity index is 1120. The molecular formula is C22H21N3O2S. The fourth-order valence-corrected chi connectivity index (χ4v) is 4.26. The summed E-state index contributed by atoms with van der Waals surface area (Å²) in [6.45, 7) is 3.12. The molecule has 4 aromatic rings. The number of rotatable bonds is 6. The van der Waals surface area contributed by atoms with E-state index in [0.29, 0.717) is 18.8 Å². The molecule has 0 aliphatic carbocycles. The zero-order chi connectivity index (χ0) is 19.5. The lowest BCUT2D eigenvalue weighted by Gasteiger charge is -2.13. The van der Waals surface area contributed by atoms with Crippen molar-refractivity contribution >= 4 is 27.5 Å². The van der Waals surface area contributed by atoms with Gasteiger partial charge < -0.3 is 14.6 Å². The molecule has 1 N–H and O–H groups in total. The number of benzene rings is 1. The van der Waals surface area contributed by atoms with E-state index in [9.17, 15) is 4.79 Å². The first-order chi connectivity index (χ1) is 13.7. The number of hydrogen-bond acceptors (Lipinski definition) is 4. The van der Waals surface area contributed by atoms with Crippen molar-refractivity contribution in [3.63, 3.8) is 0 Å². The largest absolute Gasteiger partial charge is 0.496 e. The summed E-state index contributed by atoms with van der Waals surface area (Å²) < 4.78 is 8.68. The number of aryl methyl sites for hydroxylation is 1. The lowest BCUT2D eigenvalue weighted by atomic mass is 10.2. The molecule has 4 rings (SSSR count). The molecule has 1 amide bonds. The number of nitrogens with one attached hydrogen (secondary N) is 1. The maximum atomic E-state index is 13.0. The number of para-hydroxylation sites is 1. The summed E-state index contributed by atoms with van der Waals surface area (Å²) in [7, 11) is 1.67. The van der Waals surface area contributed by atoms with Crippen molar-refractivity contribution in [3.8, 4) is 5.75 Å². The molecule has 0 spiro atoms. The van der Waals surface area contributed by atoms with Crippen LogP contribution in [0.5, 0.6) is 5.75 Å². The Labute approximate surface area is 167 Å². The Morgan fingerprint density at radius 1 is 1.18 bits per heavy atom. The molecule has 0 aliphatic rings. The van der Waals surface area contributed by atoms with E-state index in [0.717, 1.165) is 27.1 Å². The average molecular weight is 391 g/mol. The van der Waals surface area contributed by atoms with Crippen LogP contribution in [0.4, 0.5) is 0 Å². The number of fused-ring (bicyclic) bond motifs is 1. The third kappa shape index (κ3) is 3.64. The predicted octanol–water partition coefficient (Wildman–Crippen LogP) is 4.39. The van der Waals surface area contributed by atoms with Crippen LogP contribution in [0.15, 0.2) is 60.9 Å². The summed E-state index contributed by atoms with van der Waals surface area (Å²) in [5.74, 6) is 0.729. The summed E-state index contributed by atoms with van der Waals surface area (Å²) in [4.78, 5) is 18.2. The number of carbonyl (C=O) groups is 1. The highest BCUT2D eigenvalue weighted by molar-refractivity contribution is 7.19. The molecular weight excluding hydrogens is 370 g/mol. The first-order valence-corrected chi connectivity index (χ1v) is 9.86. The maximum absolute atomic E-state index is 13.0. The van der Waals surface area contributed by atoms with Gasteiger partial charge in [0.2, 0.25) is 0 Å². The van der Waals surface area contributed by atoms with Crippen LogP contribution in [0.25, 0.3) is 10.2 Å². The molecule has 0 atom stereocenters. The summed E-state index contributed by atoms with van der Waals surface area (Å²) in [5, 5.41) is 3.02. The molecule has 0 bridgehead atoms. The monoisotopic (exact) mass is 391 g/mol. The van der Waals surface area contributed by atoms with Gasteiger partial charge in [0.05, 0.1) is 23.9 Å². The van der Waals surface area contributed by atoms with Crippen molar-refractivity contribution < 1.29 is 9.53 Å². The van der Waals surface area contributed by atoms with E-state index < -0.39 is 0 Å². The van der Waals surface area contributed by atoms with Gasteiger partial charge in [0.15, 0.2) is 0 Å². The van der Waals surface area contributed by atoms with Gasteiger partial charge in [0.25, 0.3) is 5.91 Å². The molecule has 0 unspecified atom stereocenters. The van der Waals surface area contributed by atoms with Crippen LogP contribution >= 0.6 is 11.3 Å². The first kappa shape index (κ1) is 18.3. The van der Waals surface area contributed by atoms with E-state index in [1.807, 2.05) is 42.5 Å². The summed E-state index contributed by atoms with van der Waals surface area (Å²) >= 11 is 1.70. The van der Waals surface area contributed by atoms with Gasteiger partial charge >= 0.3 is 0 Å². The predicted molar refractivity (Wildman–Crippen MR) is 112 cm³/mol. The van der Waals surface area contributed by atoms with Gasteiger partial charge in [0, 0.05) is 29.4 Å². The van der Waals surface area contributed by atoms with Gasteiger partial charge in [-0.05, 0) is 42.8 Å². The van der Waals surface area contributed by atoms with Gasteiger partial charge in [-0.2, -0.15) is 0 Å². The SMILES string of the molecule is COc1ccccc1Cn1c(C(=O)NCc2ccncc2)cc2sc(C)cc21. The number of aromatic nitrogens is 2. The summed E-state index contributed by atoms with van der Waals surface area (Å²) in [5.41, 5.74) is 3.78. The minimum Gasteiger partial charge on any atom is -0.496 e. The van der Waals surface area contributed by atoms with Gasteiger partial charge in [0.1, 0.15) is 11.4 Å². The van der Waals surface area contributed by atoms with Crippen molar-refractivity contribution in [2.75, 3.05) is 7.11 Å².